The van der Waals surface area contributed by atoms with Crippen molar-refractivity contribution < 1.29 is 18.0 Å². The zero-order valence-corrected chi connectivity index (χ0v) is 17.7. The molecular formula is C24H28F3N3O. The second-order valence-electron chi connectivity index (χ2n) is 8.68. The van der Waals surface area contributed by atoms with Crippen LogP contribution in [0.25, 0.3) is 0 Å². The highest BCUT2D eigenvalue weighted by atomic mass is 19.1. The van der Waals surface area contributed by atoms with Crippen molar-refractivity contribution in [3.63, 3.8) is 0 Å². The van der Waals surface area contributed by atoms with E-state index < -0.39 is 11.6 Å². The molecule has 0 aromatic heterocycles. The van der Waals surface area contributed by atoms with Gasteiger partial charge in [0.25, 0.3) is 0 Å². The number of carbonyl (C=O) groups excluding carboxylic acids is 1. The van der Waals surface area contributed by atoms with Gasteiger partial charge in [0.2, 0.25) is 5.91 Å². The summed E-state index contributed by atoms with van der Waals surface area (Å²) in [7, 11) is 2.05. The van der Waals surface area contributed by atoms with Crippen LogP contribution in [-0.2, 0) is 11.3 Å². The molecule has 1 amide bonds. The number of halogens is 3. The maximum atomic E-state index is 14.0. The number of hydrogen-bond donors (Lipinski definition) is 1. The van der Waals surface area contributed by atoms with Crippen molar-refractivity contribution in [3.05, 3.63) is 71.0 Å². The van der Waals surface area contributed by atoms with Crippen LogP contribution >= 0.6 is 0 Å². The summed E-state index contributed by atoms with van der Waals surface area (Å²) in [5.74, 6) is -1.57. The molecule has 2 fully saturated rings. The lowest BCUT2D eigenvalue weighted by atomic mass is 9.87. The van der Waals surface area contributed by atoms with Crippen LogP contribution in [0.5, 0.6) is 0 Å². The molecule has 1 N–H and O–H groups in total. The highest BCUT2D eigenvalue weighted by molar-refractivity contribution is 5.80. The summed E-state index contributed by atoms with van der Waals surface area (Å²) in [6.45, 7) is 3.39. The first-order chi connectivity index (χ1) is 14.9. The van der Waals surface area contributed by atoms with Gasteiger partial charge in [0.05, 0.1) is 0 Å². The number of benzene rings is 2. The van der Waals surface area contributed by atoms with Gasteiger partial charge in [-0.3, -0.25) is 4.79 Å². The van der Waals surface area contributed by atoms with Crippen LogP contribution < -0.4 is 5.32 Å². The molecular weight excluding hydrogens is 403 g/mol. The SMILES string of the molecule is CN1CCN(C(=O)[C@H]2C[C@@H](NCc3ccc(F)cc3F)C[C@@H]2c2ccc(F)cc2)CC1. The number of likely N-dealkylation sites (N-methyl/N-ethyl adjacent to an activating group) is 1. The van der Waals surface area contributed by atoms with Crippen molar-refractivity contribution in [3.8, 4) is 0 Å². The first-order valence-electron chi connectivity index (χ1n) is 10.8. The van der Waals surface area contributed by atoms with E-state index in [2.05, 4.69) is 10.2 Å². The van der Waals surface area contributed by atoms with Gasteiger partial charge in [0.15, 0.2) is 0 Å². The number of amides is 1. The molecule has 2 aliphatic rings. The van der Waals surface area contributed by atoms with Gasteiger partial charge in [0, 0.05) is 56.3 Å². The Balaban J connectivity index is 1.48. The number of nitrogens with one attached hydrogen (secondary N) is 1. The highest BCUT2D eigenvalue weighted by Gasteiger charge is 2.41. The van der Waals surface area contributed by atoms with E-state index in [0.717, 1.165) is 24.7 Å². The summed E-state index contributed by atoms with van der Waals surface area (Å²) in [5.41, 5.74) is 1.35. The fraction of sp³-hybridized carbons (Fsp3) is 0.458. The van der Waals surface area contributed by atoms with Crippen LogP contribution in [0.2, 0.25) is 0 Å². The Morgan fingerprint density at radius 3 is 2.32 bits per heavy atom. The van der Waals surface area contributed by atoms with Crippen LogP contribution in [0.1, 0.15) is 29.9 Å². The lowest BCUT2D eigenvalue weighted by molar-refractivity contribution is -0.137. The molecule has 0 unspecified atom stereocenters. The Labute approximate surface area is 181 Å². The largest absolute Gasteiger partial charge is 0.340 e. The molecule has 1 heterocycles. The van der Waals surface area contributed by atoms with Crippen molar-refractivity contribution >= 4 is 5.91 Å². The molecule has 2 aromatic rings. The molecule has 0 spiro atoms. The number of nitrogens with zero attached hydrogens (tertiary/aromatic N) is 2. The van der Waals surface area contributed by atoms with E-state index in [-0.39, 0.29) is 36.1 Å². The third-order valence-electron chi connectivity index (χ3n) is 6.59. The van der Waals surface area contributed by atoms with E-state index in [0.29, 0.717) is 31.5 Å². The molecule has 0 bridgehead atoms. The number of hydrogen-bond acceptors (Lipinski definition) is 3. The first-order valence-corrected chi connectivity index (χ1v) is 10.8. The van der Waals surface area contributed by atoms with Gasteiger partial charge in [-0.25, -0.2) is 13.2 Å². The van der Waals surface area contributed by atoms with Crippen molar-refractivity contribution in [1.29, 1.82) is 0 Å². The molecule has 1 saturated heterocycles. The number of rotatable bonds is 5. The Morgan fingerprint density at radius 1 is 0.968 bits per heavy atom. The van der Waals surface area contributed by atoms with Crippen molar-refractivity contribution in [2.75, 3.05) is 33.2 Å². The third-order valence-corrected chi connectivity index (χ3v) is 6.59. The second-order valence-corrected chi connectivity index (χ2v) is 8.68. The highest BCUT2D eigenvalue weighted by Crippen LogP contribution is 2.41. The van der Waals surface area contributed by atoms with Crippen LogP contribution in [-0.4, -0.2) is 55.0 Å². The summed E-state index contributed by atoms with van der Waals surface area (Å²) in [4.78, 5) is 17.5. The predicted octanol–water partition coefficient (Wildman–Crippen LogP) is 3.53. The Morgan fingerprint density at radius 2 is 1.65 bits per heavy atom. The molecule has 1 aliphatic heterocycles. The average molecular weight is 432 g/mol. The molecule has 3 atom stereocenters. The Hall–Kier alpha value is -2.38. The summed E-state index contributed by atoms with van der Waals surface area (Å²) in [5, 5.41) is 3.35. The lowest BCUT2D eigenvalue weighted by Gasteiger charge is -2.35. The van der Waals surface area contributed by atoms with Gasteiger partial charge < -0.3 is 15.1 Å². The smallest absolute Gasteiger partial charge is 0.226 e. The zero-order chi connectivity index (χ0) is 22.0. The van der Waals surface area contributed by atoms with Gasteiger partial charge in [-0.2, -0.15) is 0 Å². The van der Waals surface area contributed by atoms with E-state index in [9.17, 15) is 18.0 Å². The summed E-state index contributed by atoms with van der Waals surface area (Å²) >= 11 is 0. The molecule has 4 nitrogen and oxygen atoms in total. The predicted molar refractivity (Wildman–Crippen MR) is 113 cm³/mol. The monoisotopic (exact) mass is 431 g/mol. The van der Waals surface area contributed by atoms with Crippen molar-refractivity contribution in [1.82, 2.24) is 15.1 Å². The maximum Gasteiger partial charge on any atom is 0.226 e. The fourth-order valence-electron chi connectivity index (χ4n) is 4.74. The van der Waals surface area contributed by atoms with Crippen LogP contribution in [0.4, 0.5) is 13.2 Å². The minimum absolute atomic E-state index is 0.0147. The molecule has 166 valence electrons. The van der Waals surface area contributed by atoms with Gasteiger partial charge >= 0.3 is 0 Å². The molecule has 4 rings (SSSR count). The van der Waals surface area contributed by atoms with Crippen LogP contribution in [0, 0.1) is 23.4 Å². The van der Waals surface area contributed by atoms with E-state index >= 15 is 0 Å². The summed E-state index contributed by atoms with van der Waals surface area (Å²) < 4.78 is 40.6. The number of carbonyl (C=O) groups is 1. The molecule has 31 heavy (non-hydrogen) atoms. The number of piperazine rings is 1. The maximum absolute atomic E-state index is 14.0. The van der Waals surface area contributed by atoms with E-state index in [1.807, 2.05) is 11.9 Å². The first kappa shape index (κ1) is 21.8. The quantitative estimate of drug-likeness (QED) is 0.787. The summed E-state index contributed by atoms with van der Waals surface area (Å²) in [6.07, 6.45) is 1.34. The van der Waals surface area contributed by atoms with Crippen molar-refractivity contribution in [2.45, 2.75) is 31.3 Å². The standard InChI is InChI=1S/C24H28F3N3O/c1-29-8-10-30(11-9-29)24(31)22-14-20(13-21(22)16-2-5-18(25)6-3-16)28-15-17-4-7-19(26)12-23(17)27/h2-7,12,20-22,28H,8-11,13-15H2,1H3/t20-,21+,22-/m0/s1. The summed E-state index contributed by atoms with van der Waals surface area (Å²) in [6, 6.07) is 9.96. The van der Waals surface area contributed by atoms with Crippen LogP contribution in [0.15, 0.2) is 42.5 Å². The Bertz CT molecular complexity index is 913. The van der Waals surface area contributed by atoms with Gasteiger partial charge in [0.1, 0.15) is 17.5 Å². The minimum Gasteiger partial charge on any atom is -0.340 e. The zero-order valence-electron chi connectivity index (χ0n) is 17.7. The molecule has 7 heteroatoms. The fourth-order valence-corrected chi connectivity index (χ4v) is 4.74. The molecule has 1 saturated carbocycles. The normalized spacial score (nSPS) is 24.5. The van der Waals surface area contributed by atoms with E-state index in [1.54, 1.807) is 12.1 Å². The third kappa shape index (κ3) is 5.10. The molecule has 2 aromatic carbocycles. The second kappa shape index (κ2) is 9.40. The topological polar surface area (TPSA) is 35.6 Å². The Kier molecular flexibility index (Phi) is 6.62. The lowest BCUT2D eigenvalue weighted by Crippen LogP contribution is -2.49. The van der Waals surface area contributed by atoms with E-state index in [1.165, 1.54) is 24.3 Å². The van der Waals surface area contributed by atoms with Gasteiger partial charge in [-0.05, 0) is 49.6 Å². The van der Waals surface area contributed by atoms with Gasteiger partial charge in [-0.15, -0.1) is 0 Å². The van der Waals surface area contributed by atoms with Crippen LogP contribution in [0.3, 0.4) is 0 Å². The van der Waals surface area contributed by atoms with Crippen molar-refractivity contribution in [2.24, 2.45) is 5.92 Å². The van der Waals surface area contributed by atoms with E-state index in [4.69, 9.17) is 0 Å². The average Bonchev–Trinajstić information content (AvgIpc) is 3.18. The molecule has 0 radical (unpaired) electrons. The minimum atomic E-state index is -0.601. The molecule has 1 aliphatic carbocycles. The van der Waals surface area contributed by atoms with Gasteiger partial charge in [-0.1, -0.05) is 18.2 Å².